The standard InChI is InChI=1S/C16H27NO2/c1-3-4-5-6-8-14(2)18-11-12-19-16-10-7-9-15(17)13-16/h7,9-10,13-14H,3-6,8,11-12,17H2,1-2H3. The van der Waals surface area contributed by atoms with Crippen molar-refractivity contribution in [2.45, 2.75) is 52.1 Å². The zero-order chi connectivity index (χ0) is 13.9. The average Bonchev–Trinajstić information content (AvgIpc) is 2.40. The highest BCUT2D eigenvalue weighted by molar-refractivity contribution is 5.43. The molecule has 1 atom stereocenters. The van der Waals surface area contributed by atoms with E-state index in [0.29, 0.717) is 19.3 Å². The van der Waals surface area contributed by atoms with E-state index in [0.717, 1.165) is 17.9 Å². The van der Waals surface area contributed by atoms with E-state index in [4.69, 9.17) is 15.2 Å². The van der Waals surface area contributed by atoms with Crippen LogP contribution in [0.5, 0.6) is 5.75 Å². The van der Waals surface area contributed by atoms with Crippen LogP contribution in [0, 0.1) is 0 Å². The SMILES string of the molecule is CCCCCCC(C)OCCOc1cccc(N)c1. The third-order valence-electron chi connectivity index (χ3n) is 3.08. The molecule has 0 fully saturated rings. The zero-order valence-electron chi connectivity index (χ0n) is 12.2. The summed E-state index contributed by atoms with van der Waals surface area (Å²) >= 11 is 0. The number of hydrogen-bond acceptors (Lipinski definition) is 3. The predicted molar refractivity (Wildman–Crippen MR) is 80.5 cm³/mol. The molecule has 0 aliphatic carbocycles. The van der Waals surface area contributed by atoms with Crippen LogP contribution in [-0.2, 0) is 4.74 Å². The van der Waals surface area contributed by atoms with E-state index in [1.807, 2.05) is 24.3 Å². The average molecular weight is 265 g/mol. The number of nitrogens with two attached hydrogens (primary N) is 1. The summed E-state index contributed by atoms with van der Waals surface area (Å²) in [4.78, 5) is 0. The maximum Gasteiger partial charge on any atom is 0.121 e. The Morgan fingerprint density at radius 3 is 2.74 bits per heavy atom. The summed E-state index contributed by atoms with van der Waals surface area (Å²) in [5.41, 5.74) is 6.40. The van der Waals surface area contributed by atoms with Crippen LogP contribution in [0.1, 0.15) is 46.0 Å². The van der Waals surface area contributed by atoms with Crippen LogP contribution in [0.4, 0.5) is 5.69 Å². The number of unbranched alkanes of at least 4 members (excludes halogenated alkanes) is 3. The molecule has 19 heavy (non-hydrogen) atoms. The summed E-state index contributed by atoms with van der Waals surface area (Å²) in [6, 6.07) is 7.47. The lowest BCUT2D eigenvalue weighted by Gasteiger charge is -2.13. The van der Waals surface area contributed by atoms with E-state index in [2.05, 4.69) is 13.8 Å². The van der Waals surface area contributed by atoms with Gasteiger partial charge in [-0.15, -0.1) is 0 Å². The molecule has 2 N–H and O–H groups in total. The molecule has 0 aliphatic rings. The van der Waals surface area contributed by atoms with Gasteiger partial charge < -0.3 is 15.2 Å². The molecule has 0 radical (unpaired) electrons. The fraction of sp³-hybridized carbons (Fsp3) is 0.625. The second kappa shape index (κ2) is 9.68. The lowest BCUT2D eigenvalue weighted by molar-refractivity contribution is 0.0384. The molecule has 3 heteroatoms. The minimum Gasteiger partial charge on any atom is -0.491 e. The van der Waals surface area contributed by atoms with Gasteiger partial charge in [0.25, 0.3) is 0 Å². The van der Waals surface area contributed by atoms with E-state index < -0.39 is 0 Å². The highest BCUT2D eigenvalue weighted by Gasteiger charge is 2.02. The van der Waals surface area contributed by atoms with Gasteiger partial charge in [0.15, 0.2) is 0 Å². The Hall–Kier alpha value is -1.22. The molecule has 0 aromatic heterocycles. The van der Waals surface area contributed by atoms with Crippen LogP contribution in [0.15, 0.2) is 24.3 Å². The Balaban J connectivity index is 2.03. The van der Waals surface area contributed by atoms with Gasteiger partial charge in [0.1, 0.15) is 12.4 Å². The van der Waals surface area contributed by atoms with Crippen molar-refractivity contribution in [2.75, 3.05) is 18.9 Å². The number of anilines is 1. The summed E-state index contributed by atoms with van der Waals surface area (Å²) in [5, 5.41) is 0. The second-order valence-corrected chi connectivity index (χ2v) is 4.95. The van der Waals surface area contributed by atoms with Crippen molar-refractivity contribution in [2.24, 2.45) is 0 Å². The Bertz CT molecular complexity index is 341. The van der Waals surface area contributed by atoms with Gasteiger partial charge in [0, 0.05) is 11.8 Å². The topological polar surface area (TPSA) is 44.5 Å². The number of hydrogen-bond donors (Lipinski definition) is 1. The predicted octanol–water partition coefficient (Wildman–Crippen LogP) is 4.02. The van der Waals surface area contributed by atoms with Gasteiger partial charge in [-0.25, -0.2) is 0 Å². The lowest BCUT2D eigenvalue weighted by atomic mass is 10.1. The first-order valence-corrected chi connectivity index (χ1v) is 7.32. The van der Waals surface area contributed by atoms with Gasteiger partial charge in [0.05, 0.1) is 12.7 Å². The quantitative estimate of drug-likeness (QED) is 0.513. The van der Waals surface area contributed by atoms with Gasteiger partial charge in [-0.2, -0.15) is 0 Å². The van der Waals surface area contributed by atoms with Crippen LogP contribution >= 0.6 is 0 Å². The molecule has 1 unspecified atom stereocenters. The van der Waals surface area contributed by atoms with E-state index in [1.165, 1.54) is 25.7 Å². The molecule has 0 amide bonds. The smallest absolute Gasteiger partial charge is 0.121 e. The first kappa shape index (κ1) is 15.8. The van der Waals surface area contributed by atoms with Crippen LogP contribution < -0.4 is 10.5 Å². The first-order chi connectivity index (χ1) is 9.22. The molecule has 0 saturated carbocycles. The molecule has 0 aliphatic heterocycles. The van der Waals surface area contributed by atoms with Gasteiger partial charge in [-0.3, -0.25) is 0 Å². The zero-order valence-corrected chi connectivity index (χ0v) is 12.2. The number of nitrogen functional groups attached to an aromatic ring is 1. The van der Waals surface area contributed by atoms with Crippen molar-refractivity contribution in [1.82, 2.24) is 0 Å². The second-order valence-electron chi connectivity index (χ2n) is 4.95. The van der Waals surface area contributed by atoms with Crippen molar-refractivity contribution < 1.29 is 9.47 Å². The van der Waals surface area contributed by atoms with Gasteiger partial charge in [-0.05, 0) is 25.5 Å². The molecule has 0 spiro atoms. The molecular weight excluding hydrogens is 238 g/mol. The molecule has 0 bridgehead atoms. The minimum atomic E-state index is 0.321. The summed E-state index contributed by atoms with van der Waals surface area (Å²) in [6.45, 7) is 5.56. The number of benzene rings is 1. The molecule has 1 rings (SSSR count). The Morgan fingerprint density at radius 2 is 2.00 bits per heavy atom. The molecule has 3 nitrogen and oxygen atoms in total. The first-order valence-electron chi connectivity index (χ1n) is 7.32. The number of ether oxygens (including phenoxy) is 2. The van der Waals surface area contributed by atoms with E-state index in [1.54, 1.807) is 0 Å². The Kier molecular flexibility index (Phi) is 8.07. The summed E-state index contributed by atoms with van der Waals surface area (Å²) in [6.07, 6.45) is 6.63. The van der Waals surface area contributed by atoms with Crippen LogP contribution in [0.3, 0.4) is 0 Å². The Labute approximate surface area is 117 Å². The summed E-state index contributed by atoms with van der Waals surface area (Å²) in [7, 11) is 0. The fourth-order valence-corrected chi connectivity index (χ4v) is 1.96. The molecule has 1 aromatic rings. The lowest BCUT2D eigenvalue weighted by Crippen LogP contribution is -2.14. The van der Waals surface area contributed by atoms with Crippen molar-refractivity contribution in [3.8, 4) is 5.75 Å². The van der Waals surface area contributed by atoms with Crippen molar-refractivity contribution >= 4 is 5.69 Å². The molecule has 108 valence electrons. The van der Waals surface area contributed by atoms with Crippen LogP contribution in [0.2, 0.25) is 0 Å². The molecule has 1 aromatic carbocycles. The fourth-order valence-electron chi connectivity index (χ4n) is 1.96. The van der Waals surface area contributed by atoms with Crippen LogP contribution in [0.25, 0.3) is 0 Å². The Morgan fingerprint density at radius 1 is 1.16 bits per heavy atom. The molecule has 0 saturated heterocycles. The summed E-state index contributed by atoms with van der Waals surface area (Å²) in [5.74, 6) is 0.805. The normalized spacial score (nSPS) is 12.3. The van der Waals surface area contributed by atoms with E-state index in [-0.39, 0.29) is 0 Å². The molecular formula is C16H27NO2. The highest BCUT2D eigenvalue weighted by atomic mass is 16.5. The van der Waals surface area contributed by atoms with Crippen molar-refractivity contribution in [1.29, 1.82) is 0 Å². The highest BCUT2D eigenvalue weighted by Crippen LogP contribution is 2.14. The van der Waals surface area contributed by atoms with Gasteiger partial charge in [-0.1, -0.05) is 38.7 Å². The van der Waals surface area contributed by atoms with Crippen molar-refractivity contribution in [3.63, 3.8) is 0 Å². The largest absolute Gasteiger partial charge is 0.491 e. The molecule has 0 heterocycles. The van der Waals surface area contributed by atoms with E-state index in [9.17, 15) is 0 Å². The summed E-state index contributed by atoms with van der Waals surface area (Å²) < 4.78 is 11.3. The maximum atomic E-state index is 5.72. The van der Waals surface area contributed by atoms with Gasteiger partial charge in [0.2, 0.25) is 0 Å². The monoisotopic (exact) mass is 265 g/mol. The third kappa shape index (κ3) is 7.73. The van der Waals surface area contributed by atoms with Crippen molar-refractivity contribution in [3.05, 3.63) is 24.3 Å². The van der Waals surface area contributed by atoms with Crippen LogP contribution in [-0.4, -0.2) is 19.3 Å². The maximum absolute atomic E-state index is 5.72. The third-order valence-corrected chi connectivity index (χ3v) is 3.08. The van der Waals surface area contributed by atoms with Gasteiger partial charge >= 0.3 is 0 Å². The number of rotatable bonds is 10. The van der Waals surface area contributed by atoms with E-state index >= 15 is 0 Å². The minimum absolute atomic E-state index is 0.321.